The third kappa shape index (κ3) is 2.92. The van der Waals surface area contributed by atoms with Crippen molar-refractivity contribution in [3.8, 4) is 0 Å². The number of H-pyrrole nitrogens is 1. The first-order chi connectivity index (χ1) is 8.69. The van der Waals surface area contributed by atoms with E-state index < -0.39 is 0 Å². The van der Waals surface area contributed by atoms with Gasteiger partial charge in [-0.2, -0.15) is 0 Å². The molecule has 94 valence electrons. The lowest BCUT2D eigenvalue weighted by Gasteiger charge is -1.97. The molecule has 0 bridgehead atoms. The lowest BCUT2D eigenvalue weighted by molar-refractivity contribution is -0.139. The van der Waals surface area contributed by atoms with Crippen LogP contribution in [-0.4, -0.2) is 33.9 Å². The summed E-state index contributed by atoms with van der Waals surface area (Å²) >= 11 is 1.24. The van der Waals surface area contributed by atoms with Crippen molar-refractivity contribution >= 4 is 28.3 Å². The Hall–Kier alpha value is -2.22. The van der Waals surface area contributed by atoms with E-state index in [0.29, 0.717) is 16.5 Å². The number of hydrogen-bond acceptors (Lipinski definition) is 6. The summed E-state index contributed by atoms with van der Waals surface area (Å²) in [5.74, 6) is -0.696. The number of aromatic nitrogens is 3. The Bertz CT molecular complexity index is 549. The van der Waals surface area contributed by atoms with E-state index in [9.17, 15) is 9.59 Å². The number of methoxy groups -OCH3 is 1. The third-order valence-electron chi connectivity index (χ3n) is 2.07. The molecule has 0 aliphatic rings. The van der Waals surface area contributed by atoms with E-state index in [2.05, 4.69) is 25.0 Å². The van der Waals surface area contributed by atoms with Crippen LogP contribution in [0.15, 0.2) is 17.9 Å². The number of carbonyl (C=O) groups is 2. The van der Waals surface area contributed by atoms with Gasteiger partial charge in [0.2, 0.25) is 0 Å². The minimum atomic E-state index is -0.369. The van der Waals surface area contributed by atoms with Crippen LogP contribution in [0.25, 0.3) is 0 Å². The van der Waals surface area contributed by atoms with Crippen LogP contribution >= 0.6 is 11.3 Å². The molecule has 0 spiro atoms. The number of rotatable bonds is 4. The Morgan fingerprint density at radius 1 is 1.56 bits per heavy atom. The standard InChI is InChI=1S/C10H10N4O3S/c1-17-8(15)2-6-4-18-10(13-6)14-9(16)7-3-11-5-12-7/h3-5H,2H2,1H3,(H,11,12)(H,13,14,16). The maximum atomic E-state index is 11.7. The molecule has 8 heteroatoms. The van der Waals surface area contributed by atoms with Crippen molar-refractivity contribution in [1.82, 2.24) is 15.0 Å². The first-order valence-electron chi connectivity index (χ1n) is 5.00. The lowest BCUT2D eigenvalue weighted by Crippen LogP contribution is -2.12. The predicted molar refractivity (Wildman–Crippen MR) is 64.4 cm³/mol. The summed E-state index contributed by atoms with van der Waals surface area (Å²) in [5, 5.41) is 4.72. The Balaban J connectivity index is 1.98. The number of anilines is 1. The minimum Gasteiger partial charge on any atom is -0.469 e. The molecule has 7 nitrogen and oxygen atoms in total. The monoisotopic (exact) mass is 266 g/mol. The fourth-order valence-corrected chi connectivity index (χ4v) is 1.92. The van der Waals surface area contributed by atoms with Gasteiger partial charge >= 0.3 is 5.97 Å². The van der Waals surface area contributed by atoms with Crippen LogP contribution in [0, 0.1) is 0 Å². The fraction of sp³-hybridized carbons (Fsp3) is 0.200. The highest BCUT2D eigenvalue weighted by atomic mass is 32.1. The molecule has 0 atom stereocenters. The zero-order valence-corrected chi connectivity index (χ0v) is 10.3. The summed E-state index contributed by atoms with van der Waals surface area (Å²) < 4.78 is 4.53. The van der Waals surface area contributed by atoms with Crippen molar-refractivity contribution in [3.63, 3.8) is 0 Å². The maximum absolute atomic E-state index is 11.7. The Labute approximate surface area is 106 Å². The van der Waals surface area contributed by atoms with Gasteiger partial charge in [-0.3, -0.25) is 14.9 Å². The predicted octanol–water partition coefficient (Wildman–Crippen LogP) is 0.834. The molecule has 0 aromatic carbocycles. The van der Waals surface area contributed by atoms with Crippen LogP contribution in [0.1, 0.15) is 16.2 Å². The Morgan fingerprint density at radius 2 is 2.39 bits per heavy atom. The highest BCUT2D eigenvalue weighted by Gasteiger charge is 2.11. The average molecular weight is 266 g/mol. The number of amides is 1. The van der Waals surface area contributed by atoms with Gasteiger partial charge in [-0.25, -0.2) is 9.97 Å². The summed E-state index contributed by atoms with van der Waals surface area (Å²) in [6, 6.07) is 0. The number of nitrogens with zero attached hydrogens (tertiary/aromatic N) is 2. The molecule has 0 saturated heterocycles. The van der Waals surface area contributed by atoms with E-state index >= 15 is 0 Å². The zero-order chi connectivity index (χ0) is 13.0. The minimum absolute atomic E-state index is 0.0902. The van der Waals surface area contributed by atoms with Crippen LogP contribution in [0.2, 0.25) is 0 Å². The average Bonchev–Trinajstić information content (AvgIpc) is 3.00. The number of esters is 1. The van der Waals surface area contributed by atoms with Crippen LogP contribution in [0.4, 0.5) is 5.13 Å². The second kappa shape index (κ2) is 5.41. The quantitative estimate of drug-likeness (QED) is 0.799. The first kappa shape index (κ1) is 12.2. The molecule has 0 aliphatic carbocycles. The largest absolute Gasteiger partial charge is 0.469 e. The highest BCUT2D eigenvalue weighted by Crippen LogP contribution is 2.16. The molecule has 2 aromatic heterocycles. The molecular formula is C10H10N4O3S. The molecule has 0 radical (unpaired) electrons. The second-order valence-corrected chi connectivity index (χ2v) is 4.17. The van der Waals surface area contributed by atoms with Crippen molar-refractivity contribution in [2.45, 2.75) is 6.42 Å². The summed E-state index contributed by atoms with van der Waals surface area (Å²) in [4.78, 5) is 33.2. The molecule has 18 heavy (non-hydrogen) atoms. The van der Waals surface area contributed by atoms with Crippen molar-refractivity contribution < 1.29 is 14.3 Å². The molecule has 0 saturated carbocycles. The van der Waals surface area contributed by atoms with Crippen LogP contribution in [0.5, 0.6) is 0 Å². The van der Waals surface area contributed by atoms with Crippen LogP contribution in [0.3, 0.4) is 0 Å². The van der Waals surface area contributed by atoms with Crippen molar-refractivity contribution in [1.29, 1.82) is 0 Å². The van der Waals surface area contributed by atoms with Gasteiger partial charge in [0.15, 0.2) is 5.13 Å². The van der Waals surface area contributed by atoms with Gasteiger partial charge < -0.3 is 9.72 Å². The number of thiazole rings is 1. The number of nitrogens with one attached hydrogen (secondary N) is 2. The molecule has 2 aromatic rings. The van der Waals surface area contributed by atoms with Gasteiger partial charge in [-0.05, 0) is 0 Å². The van der Waals surface area contributed by atoms with Crippen LogP contribution < -0.4 is 5.32 Å². The Kier molecular flexibility index (Phi) is 3.68. The molecule has 0 aliphatic heterocycles. The topological polar surface area (TPSA) is 97.0 Å². The summed E-state index contributed by atoms with van der Waals surface area (Å²) in [6.07, 6.45) is 2.92. The van der Waals surface area contributed by atoms with Gasteiger partial charge in [-0.1, -0.05) is 0 Å². The number of hydrogen-bond donors (Lipinski definition) is 2. The Morgan fingerprint density at radius 3 is 3.06 bits per heavy atom. The van der Waals surface area contributed by atoms with Crippen molar-refractivity contribution in [3.05, 3.63) is 29.3 Å². The number of aromatic amines is 1. The highest BCUT2D eigenvalue weighted by molar-refractivity contribution is 7.14. The summed E-state index contributed by atoms with van der Waals surface area (Å²) in [5.41, 5.74) is 0.909. The van der Waals surface area contributed by atoms with Crippen LogP contribution in [-0.2, 0) is 16.0 Å². The summed E-state index contributed by atoms with van der Waals surface area (Å²) in [6.45, 7) is 0. The SMILES string of the molecule is COC(=O)Cc1csc(NC(=O)c2cnc[nH]2)n1. The molecule has 1 amide bonds. The van der Waals surface area contributed by atoms with Gasteiger partial charge in [0, 0.05) is 5.38 Å². The van der Waals surface area contributed by atoms with E-state index in [1.807, 2.05) is 0 Å². The fourth-order valence-electron chi connectivity index (χ4n) is 1.21. The molecule has 0 unspecified atom stereocenters. The first-order valence-corrected chi connectivity index (χ1v) is 5.88. The number of carbonyl (C=O) groups excluding carboxylic acids is 2. The molecule has 0 fully saturated rings. The van der Waals surface area contributed by atoms with E-state index in [-0.39, 0.29) is 18.3 Å². The normalized spacial score (nSPS) is 10.1. The van der Waals surface area contributed by atoms with E-state index in [0.717, 1.165) is 0 Å². The number of ether oxygens (including phenoxy) is 1. The van der Waals surface area contributed by atoms with Gasteiger partial charge in [0.1, 0.15) is 5.69 Å². The molecule has 2 N–H and O–H groups in total. The molecule has 2 rings (SSSR count). The van der Waals surface area contributed by atoms with E-state index in [1.165, 1.54) is 31.0 Å². The molecule has 2 heterocycles. The third-order valence-corrected chi connectivity index (χ3v) is 2.87. The van der Waals surface area contributed by atoms with Gasteiger partial charge in [-0.15, -0.1) is 11.3 Å². The van der Waals surface area contributed by atoms with Gasteiger partial charge in [0.05, 0.1) is 31.7 Å². The zero-order valence-electron chi connectivity index (χ0n) is 9.47. The smallest absolute Gasteiger partial charge is 0.311 e. The van der Waals surface area contributed by atoms with E-state index in [1.54, 1.807) is 5.38 Å². The van der Waals surface area contributed by atoms with Gasteiger partial charge in [0.25, 0.3) is 5.91 Å². The second-order valence-electron chi connectivity index (χ2n) is 3.32. The maximum Gasteiger partial charge on any atom is 0.311 e. The molecular weight excluding hydrogens is 256 g/mol. The number of imidazole rings is 1. The van der Waals surface area contributed by atoms with Crippen molar-refractivity contribution in [2.75, 3.05) is 12.4 Å². The van der Waals surface area contributed by atoms with Crippen molar-refractivity contribution in [2.24, 2.45) is 0 Å². The van der Waals surface area contributed by atoms with E-state index in [4.69, 9.17) is 0 Å². The summed E-state index contributed by atoms with van der Waals surface area (Å²) in [7, 11) is 1.32. The lowest BCUT2D eigenvalue weighted by atomic mass is 10.3.